The number of urea groups is 1. The summed E-state index contributed by atoms with van der Waals surface area (Å²) in [4.78, 5) is 13.4. The van der Waals surface area contributed by atoms with E-state index in [1.807, 2.05) is 23.2 Å². The van der Waals surface area contributed by atoms with Gasteiger partial charge in [0.25, 0.3) is 10.0 Å². The molecule has 36 heavy (non-hydrogen) atoms. The number of carbonyl (C=O) groups is 1. The Bertz CT molecular complexity index is 1550. The highest BCUT2D eigenvalue weighted by molar-refractivity contribution is 7.90. The van der Waals surface area contributed by atoms with Crippen LogP contribution in [-0.4, -0.2) is 20.2 Å². The number of carbonyl (C=O) groups excluding carboxylic acids is 1. The van der Waals surface area contributed by atoms with Crippen molar-refractivity contribution in [2.24, 2.45) is 11.0 Å². The van der Waals surface area contributed by atoms with E-state index in [0.717, 1.165) is 17.8 Å². The molecule has 2 atom stereocenters. The number of hydrogen-bond acceptors (Lipinski definition) is 6. The smallest absolute Gasteiger partial charge is 0.307 e. The van der Waals surface area contributed by atoms with Crippen LogP contribution in [0.15, 0.2) is 106 Å². The van der Waals surface area contributed by atoms with Crippen LogP contribution < -0.4 is 15.0 Å². The Morgan fingerprint density at radius 3 is 2.42 bits per heavy atom. The van der Waals surface area contributed by atoms with Crippen molar-refractivity contribution in [2.45, 2.75) is 17.4 Å². The third-order valence-electron chi connectivity index (χ3n) is 6.45. The number of hydrazone groups is 1. The zero-order valence-corrected chi connectivity index (χ0v) is 20.7. The van der Waals surface area contributed by atoms with Crippen molar-refractivity contribution in [3.63, 3.8) is 0 Å². The molecule has 1 aliphatic heterocycles. The maximum atomic E-state index is 12.8. The summed E-state index contributed by atoms with van der Waals surface area (Å²) < 4.78 is 27.7. The number of nitrogens with one attached hydrogen (secondary N) is 2. The lowest BCUT2D eigenvalue weighted by atomic mass is 9.94. The maximum Gasteiger partial charge on any atom is 0.333 e. The monoisotopic (exact) mass is 514 g/mol. The first kappa shape index (κ1) is 22.5. The van der Waals surface area contributed by atoms with E-state index in [4.69, 9.17) is 5.10 Å². The molecule has 1 aromatic heterocycles. The van der Waals surface area contributed by atoms with Crippen LogP contribution in [0.4, 0.5) is 16.2 Å². The zero-order chi connectivity index (χ0) is 24.7. The lowest BCUT2D eigenvalue weighted by Gasteiger charge is -2.26. The minimum Gasteiger partial charge on any atom is -0.307 e. The van der Waals surface area contributed by atoms with Crippen LogP contribution in [0.5, 0.6) is 0 Å². The maximum absolute atomic E-state index is 12.8. The van der Waals surface area contributed by atoms with Gasteiger partial charge in [0, 0.05) is 22.0 Å². The van der Waals surface area contributed by atoms with E-state index in [0.29, 0.717) is 5.69 Å². The highest BCUT2D eigenvalue weighted by atomic mass is 32.2. The van der Waals surface area contributed by atoms with E-state index in [9.17, 15) is 13.2 Å². The molecule has 4 aromatic rings. The molecule has 0 fully saturated rings. The summed E-state index contributed by atoms with van der Waals surface area (Å²) in [6.45, 7) is 0. The topological polar surface area (TPSA) is 90.9 Å². The molecule has 1 aliphatic carbocycles. The number of nitrogens with zero attached hydrogens (tertiary/aromatic N) is 2. The van der Waals surface area contributed by atoms with Crippen LogP contribution in [0.2, 0.25) is 0 Å². The number of thiophene rings is 1. The molecular formula is C27H22N4O3S2. The molecule has 0 bridgehead atoms. The summed E-state index contributed by atoms with van der Waals surface area (Å²) in [6.07, 6.45) is 0.918. The molecule has 7 nitrogen and oxygen atoms in total. The summed E-state index contributed by atoms with van der Waals surface area (Å²) >= 11 is 1.70. The van der Waals surface area contributed by atoms with E-state index < -0.39 is 16.1 Å². The minimum absolute atomic E-state index is 0.000440. The highest BCUT2D eigenvalue weighted by Gasteiger charge is 2.44. The number of rotatable bonds is 5. The predicted molar refractivity (Wildman–Crippen MR) is 142 cm³/mol. The van der Waals surface area contributed by atoms with Crippen LogP contribution in [0.1, 0.15) is 22.0 Å². The largest absolute Gasteiger partial charge is 0.333 e. The van der Waals surface area contributed by atoms with Gasteiger partial charge < -0.3 is 5.32 Å². The molecule has 2 aliphatic rings. The Labute approximate surface area is 213 Å². The van der Waals surface area contributed by atoms with Crippen LogP contribution in [0, 0.1) is 5.92 Å². The SMILES string of the molecule is O=C(Nc1ccccc1)NS(=O)(=O)c1ccc(N2N=C3c4ccccc4CC3C2c2cccs2)cc1. The van der Waals surface area contributed by atoms with E-state index in [1.54, 1.807) is 47.7 Å². The Morgan fingerprint density at radius 2 is 1.67 bits per heavy atom. The van der Waals surface area contributed by atoms with Crippen molar-refractivity contribution in [3.8, 4) is 0 Å². The van der Waals surface area contributed by atoms with Crippen molar-refractivity contribution < 1.29 is 13.2 Å². The summed E-state index contributed by atoms with van der Waals surface area (Å²) in [5.74, 6) is 0.229. The lowest BCUT2D eigenvalue weighted by Crippen LogP contribution is -2.34. The fourth-order valence-electron chi connectivity index (χ4n) is 4.85. The number of fused-ring (bicyclic) bond motifs is 3. The van der Waals surface area contributed by atoms with Gasteiger partial charge in [0.05, 0.1) is 22.3 Å². The van der Waals surface area contributed by atoms with Gasteiger partial charge in [0.1, 0.15) is 0 Å². The van der Waals surface area contributed by atoms with Crippen molar-refractivity contribution >= 4 is 44.5 Å². The van der Waals surface area contributed by atoms with E-state index in [2.05, 4.69) is 39.7 Å². The first-order valence-corrected chi connectivity index (χ1v) is 13.8. The molecular weight excluding hydrogens is 492 g/mol. The third kappa shape index (κ3) is 4.06. The van der Waals surface area contributed by atoms with Crippen molar-refractivity contribution in [2.75, 3.05) is 10.3 Å². The van der Waals surface area contributed by atoms with E-state index in [-0.39, 0.29) is 16.9 Å². The first-order chi connectivity index (χ1) is 17.5. The summed E-state index contributed by atoms with van der Waals surface area (Å²) in [7, 11) is -4.05. The van der Waals surface area contributed by atoms with Crippen molar-refractivity contribution in [1.29, 1.82) is 0 Å². The van der Waals surface area contributed by atoms with Crippen LogP contribution in [-0.2, 0) is 16.4 Å². The standard InChI is InChI=1S/C27H22N4O3S2/c32-27(28-19-8-2-1-3-9-19)30-36(33,34)21-14-12-20(13-15-21)31-26(24-11-6-16-35-24)23-17-18-7-4-5-10-22(18)25(23)29-31/h1-16,23,26H,17H2,(H2,28,30,32). The molecule has 0 radical (unpaired) electrons. The Kier molecular flexibility index (Phi) is 5.58. The molecule has 0 saturated carbocycles. The number of hydrogen-bond donors (Lipinski definition) is 2. The molecule has 6 rings (SSSR count). The number of para-hydroxylation sites is 1. The molecule has 2 amide bonds. The van der Waals surface area contributed by atoms with Gasteiger partial charge >= 0.3 is 6.03 Å². The molecule has 9 heteroatoms. The number of amides is 2. The fourth-order valence-corrected chi connectivity index (χ4v) is 6.64. The number of anilines is 2. The van der Waals surface area contributed by atoms with Gasteiger partial charge in [0.2, 0.25) is 0 Å². The van der Waals surface area contributed by atoms with Gasteiger partial charge in [-0.15, -0.1) is 11.3 Å². The number of benzene rings is 3. The van der Waals surface area contributed by atoms with Crippen LogP contribution in [0.25, 0.3) is 0 Å². The molecule has 3 aromatic carbocycles. The van der Waals surface area contributed by atoms with Gasteiger partial charge in [-0.25, -0.2) is 17.9 Å². The van der Waals surface area contributed by atoms with Gasteiger partial charge in [-0.3, -0.25) is 5.01 Å². The molecule has 2 heterocycles. The quantitative estimate of drug-likeness (QED) is 0.373. The Morgan fingerprint density at radius 1 is 0.917 bits per heavy atom. The summed E-state index contributed by atoms with van der Waals surface area (Å²) in [6, 6.07) is 26.9. The number of sulfonamides is 1. The van der Waals surface area contributed by atoms with E-state index in [1.165, 1.54) is 28.1 Å². The normalized spacial score (nSPS) is 18.3. The second-order valence-corrected chi connectivity index (χ2v) is 11.3. The van der Waals surface area contributed by atoms with Crippen molar-refractivity contribution in [3.05, 3.63) is 112 Å². The molecule has 180 valence electrons. The van der Waals surface area contributed by atoms with Crippen LogP contribution >= 0.6 is 11.3 Å². The Hall–Kier alpha value is -3.95. The summed E-state index contributed by atoms with van der Waals surface area (Å²) in [5, 5.41) is 11.6. The summed E-state index contributed by atoms with van der Waals surface area (Å²) in [5.41, 5.74) is 4.85. The minimum atomic E-state index is -4.05. The van der Waals surface area contributed by atoms with Crippen molar-refractivity contribution in [1.82, 2.24) is 4.72 Å². The van der Waals surface area contributed by atoms with E-state index >= 15 is 0 Å². The van der Waals surface area contributed by atoms with Gasteiger partial charge in [0.15, 0.2) is 0 Å². The zero-order valence-electron chi connectivity index (χ0n) is 19.0. The highest BCUT2D eigenvalue weighted by Crippen LogP contribution is 2.47. The van der Waals surface area contributed by atoms with Crippen LogP contribution in [0.3, 0.4) is 0 Å². The second kappa shape index (κ2) is 8.92. The Balaban J connectivity index is 1.26. The molecule has 2 N–H and O–H groups in total. The average molecular weight is 515 g/mol. The average Bonchev–Trinajstić information content (AvgIpc) is 3.60. The lowest BCUT2D eigenvalue weighted by molar-refractivity contribution is 0.256. The third-order valence-corrected chi connectivity index (χ3v) is 8.74. The second-order valence-electron chi connectivity index (χ2n) is 8.68. The predicted octanol–water partition coefficient (Wildman–Crippen LogP) is 5.40. The first-order valence-electron chi connectivity index (χ1n) is 11.5. The van der Waals surface area contributed by atoms with Gasteiger partial charge in [-0.2, -0.15) is 5.10 Å². The van der Waals surface area contributed by atoms with Gasteiger partial charge in [-0.1, -0.05) is 48.5 Å². The molecule has 0 saturated heterocycles. The van der Waals surface area contributed by atoms with Gasteiger partial charge in [-0.05, 0) is 59.8 Å². The molecule has 2 unspecified atom stereocenters. The fraction of sp³-hybridized carbons (Fsp3) is 0.111. The molecule has 0 spiro atoms.